The quantitative estimate of drug-likeness (QED) is 0.860. The average Bonchev–Trinajstić information content (AvgIpc) is 2.93. The first-order valence-corrected chi connectivity index (χ1v) is 7.10. The fraction of sp³-hybridized carbons (Fsp3) is 0.429. The lowest BCUT2D eigenvalue weighted by Crippen LogP contribution is -2.37. The smallest absolute Gasteiger partial charge is 0.266 e. The standard InChI is InChI=1S/C14H17N5O2/c20-13-6-5-12(18-9-2-7-16-18)17-19(13)10-8-15-14(21)11-3-1-4-11/h2,5-7,9,11H,1,3-4,8,10H2,(H,15,21). The first kappa shape index (κ1) is 13.5. The highest BCUT2D eigenvalue weighted by Crippen LogP contribution is 2.25. The van der Waals surface area contributed by atoms with Crippen LogP contribution in [0.4, 0.5) is 0 Å². The molecular formula is C14H17N5O2. The van der Waals surface area contributed by atoms with Crippen molar-refractivity contribution in [3.63, 3.8) is 0 Å². The monoisotopic (exact) mass is 287 g/mol. The first-order chi connectivity index (χ1) is 10.2. The zero-order valence-corrected chi connectivity index (χ0v) is 11.6. The predicted molar refractivity (Wildman–Crippen MR) is 76.0 cm³/mol. The summed E-state index contributed by atoms with van der Waals surface area (Å²) in [5, 5.41) is 11.2. The second-order valence-corrected chi connectivity index (χ2v) is 5.12. The Bertz CT molecular complexity index is 673. The molecule has 7 heteroatoms. The first-order valence-electron chi connectivity index (χ1n) is 7.10. The van der Waals surface area contributed by atoms with Crippen LogP contribution in [0.3, 0.4) is 0 Å². The number of carbonyl (C=O) groups excluding carboxylic acids is 1. The highest BCUT2D eigenvalue weighted by atomic mass is 16.2. The summed E-state index contributed by atoms with van der Waals surface area (Å²) in [4.78, 5) is 23.5. The van der Waals surface area contributed by atoms with E-state index < -0.39 is 0 Å². The molecule has 1 fully saturated rings. The predicted octanol–water partition coefficient (Wildman–Crippen LogP) is 0.345. The van der Waals surface area contributed by atoms with E-state index in [1.807, 2.05) is 0 Å². The van der Waals surface area contributed by atoms with E-state index in [9.17, 15) is 9.59 Å². The van der Waals surface area contributed by atoms with Crippen LogP contribution in [0.25, 0.3) is 5.82 Å². The van der Waals surface area contributed by atoms with Gasteiger partial charge in [-0.05, 0) is 25.0 Å². The normalized spacial score (nSPS) is 14.7. The van der Waals surface area contributed by atoms with Crippen LogP contribution in [0.2, 0.25) is 0 Å². The molecule has 110 valence electrons. The zero-order chi connectivity index (χ0) is 14.7. The second-order valence-electron chi connectivity index (χ2n) is 5.12. The Balaban J connectivity index is 1.63. The summed E-state index contributed by atoms with van der Waals surface area (Å²) in [5.74, 6) is 0.813. The number of nitrogens with one attached hydrogen (secondary N) is 1. The molecule has 3 rings (SSSR count). The Labute approximate surface area is 121 Å². The topological polar surface area (TPSA) is 81.8 Å². The molecule has 1 saturated carbocycles. The van der Waals surface area contributed by atoms with Crippen LogP contribution in [-0.2, 0) is 11.3 Å². The number of nitrogens with zero attached hydrogens (tertiary/aromatic N) is 4. The summed E-state index contributed by atoms with van der Waals surface area (Å²) in [6.45, 7) is 0.761. The largest absolute Gasteiger partial charge is 0.354 e. The van der Waals surface area contributed by atoms with Crippen molar-refractivity contribution in [2.75, 3.05) is 6.54 Å². The van der Waals surface area contributed by atoms with Gasteiger partial charge >= 0.3 is 0 Å². The Kier molecular flexibility index (Phi) is 3.81. The number of amides is 1. The third-order valence-electron chi connectivity index (χ3n) is 3.69. The highest BCUT2D eigenvalue weighted by Gasteiger charge is 2.24. The lowest BCUT2D eigenvalue weighted by atomic mass is 9.85. The van der Waals surface area contributed by atoms with Crippen molar-refractivity contribution in [3.05, 3.63) is 40.9 Å². The van der Waals surface area contributed by atoms with Crippen LogP contribution in [0, 0.1) is 5.92 Å². The summed E-state index contributed by atoms with van der Waals surface area (Å²) in [6, 6.07) is 4.87. The molecule has 0 aromatic carbocycles. The Morgan fingerprint density at radius 3 is 2.90 bits per heavy atom. The van der Waals surface area contributed by atoms with E-state index >= 15 is 0 Å². The van der Waals surface area contributed by atoms with Crippen molar-refractivity contribution < 1.29 is 4.79 Å². The molecule has 1 aliphatic rings. The van der Waals surface area contributed by atoms with Crippen LogP contribution in [0.1, 0.15) is 19.3 Å². The van der Waals surface area contributed by atoms with Gasteiger partial charge in [0.05, 0.1) is 6.54 Å². The minimum atomic E-state index is -0.191. The van der Waals surface area contributed by atoms with Crippen molar-refractivity contribution in [3.8, 4) is 5.82 Å². The molecule has 0 radical (unpaired) electrons. The third-order valence-corrected chi connectivity index (χ3v) is 3.69. The molecule has 0 unspecified atom stereocenters. The molecular weight excluding hydrogens is 270 g/mol. The van der Waals surface area contributed by atoms with Gasteiger partial charge in [-0.1, -0.05) is 6.42 Å². The molecule has 7 nitrogen and oxygen atoms in total. The Morgan fingerprint density at radius 1 is 1.38 bits per heavy atom. The molecule has 0 bridgehead atoms. The van der Waals surface area contributed by atoms with Gasteiger partial charge in [0, 0.05) is 30.9 Å². The summed E-state index contributed by atoms with van der Waals surface area (Å²) >= 11 is 0. The summed E-state index contributed by atoms with van der Waals surface area (Å²) in [6.07, 6.45) is 6.48. The SMILES string of the molecule is O=C(NCCn1nc(-n2cccn2)ccc1=O)C1CCC1. The van der Waals surface area contributed by atoms with Crippen molar-refractivity contribution >= 4 is 5.91 Å². The molecule has 0 spiro atoms. The lowest BCUT2D eigenvalue weighted by molar-refractivity contribution is -0.127. The molecule has 2 aromatic heterocycles. The Morgan fingerprint density at radius 2 is 2.24 bits per heavy atom. The summed E-state index contributed by atoms with van der Waals surface area (Å²) < 4.78 is 2.93. The number of carbonyl (C=O) groups is 1. The van der Waals surface area contributed by atoms with Crippen LogP contribution in [-0.4, -0.2) is 32.0 Å². The molecule has 1 aliphatic carbocycles. The second kappa shape index (κ2) is 5.90. The lowest BCUT2D eigenvalue weighted by Gasteiger charge is -2.24. The maximum Gasteiger partial charge on any atom is 0.266 e. The Hall–Kier alpha value is -2.44. The van der Waals surface area contributed by atoms with E-state index in [0.717, 1.165) is 19.3 Å². The molecule has 0 saturated heterocycles. The van der Waals surface area contributed by atoms with Crippen molar-refractivity contribution in [1.82, 2.24) is 24.9 Å². The van der Waals surface area contributed by atoms with Crippen molar-refractivity contribution in [2.24, 2.45) is 5.92 Å². The molecule has 1 amide bonds. The van der Waals surface area contributed by atoms with E-state index in [1.54, 1.807) is 29.2 Å². The van der Waals surface area contributed by atoms with Gasteiger partial charge in [0.1, 0.15) is 0 Å². The van der Waals surface area contributed by atoms with Crippen LogP contribution in [0.15, 0.2) is 35.4 Å². The maximum absolute atomic E-state index is 11.8. The molecule has 1 N–H and O–H groups in total. The average molecular weight is 287 g/mol. The van der Waals surface area contributed by atoms with E-state index in [2.05, 4.69) is 15.5 Å². The molecule has 0 atom stereocenters. The van der Waals surface area contributed by atoms with Crippen LogP contribution < -0.4 is 10.9 Å². The minimum Gasteiger partial charge on any atom is -0.354 e. The van der Waals surface area contributed by atoms with E-state index in [4.69, 9.17) is 0 Å². The third kappa shape index (κ3) is 3.01. The number of aromatic nitrogens is 4. The summed E-state index contributed by atoms with van der Waals surface area (Å²) in [5.41, 5.74) is -0.191. The van der Waals surface area contributed by atoms with Gasteiger partial charge in [0.15, 0.2) is 5.82 Å². The van der Waals surface area contributed by atoms with E-state index in [-0.39, 0.29) is 17.4 Å². The fourth-order valence-electron chi connectivity index (χ4n) is 2.22. The van der Waals surface area contributed by atoms with Gasteiger partial charge in [-0.25, -0.2) is 9.36 Å². The maximum atomic E-state index is 11.8. The van der Waals surface area contributed by atoms with Crippen molar-refractivity contribution in [1.29, 1.82) is 0 Å². The molecule has 0 aliphatic heterocycles. The number of rotatable bonds is 5. The molecule has 21 heavy (non-hydrogen) atoms. The minimum absolute atomic E-state index is 0.0810. The van der Waals surface area contributed by atoms with Gasteiger partial charge in [-0.15, -0.1) is 5.10 Å². The fourth-order valence-corrected chi connectivity index (χ4v) is 2.22. The number of hydrogen-bond donors (Lipinski definition) is 1. The van der Waals surface area contributed by atoms with Crippen LogP contribution in [0.5, 0.6) is 0 Å². The van der Waals surface area contributed by atoms with Gasteiger partial charge in [-0.2, -0.15) is 5.10 Å². The van der Waals surface area contributed by atoms with Gasteiger partial charge < -0.3 is 5.32 Å². The zero-order valence-electron chi connectivity index (χ0n) is 11.6. The van der Waals surface area contributed by atoms with Gasteiger partial charge in [-0.3, -0.25) is 9.59 Å². The van der Waals surface area contributed by atoms with Gasteiger partial charge in [0.25, 0.3) is 5.56 Å². The molecule has 2 aromatic rings. The highest BCUT2D eigenvalue weighted by molar-refractivity contribution is 5.79. The van der Waals surface area contributed by atoms with E-state index in [1.165, 1.54) is 10.7 Å². The van der Waals surface area contributed by atoms with Crippen molar-refractivity contribution in [2.45, 2.75) is 25.8 Å². The van der Waals surface area contributed by atoms with Gasteiger partial charge in [0.2, 0.25) is 5.91 Å². The van der Waals surface area contributed by atoms with Crippen LogP contribution >= 0.6 is 0 Å². The summed E-state index contributed by atoms with van der Waals surface area (Å²) in [7, 11) is 0. The number of hydrogen-bond acceptors (Lipinski definition) is 4. The molecule has 2 heterocycles. The van der Waals surface area contributed by atoms with E-state index in [0.29, 0.717) is 18.9 Å².